The van der Waals surface area contributed by atoms with E-state index in [1.165, 1.54) is 63.2 Å². The van der Waals surface area contributed by atoms with Gasteiger partial charge in [-0.2, -0.15) is 0 Å². The summed E-state index contributed by atoms with van der Waals surface area (Å²) in [5, 5.41) is 10.7. The highest BCUT2D eigenvalue weighted by Crippen LogP contribution is 2.24. The molecule has 2 aliphatic heterocycles. The first-order chi connectivity index (χ1) is 13.2. The Balaban J connectivity index is 0.00000280. The van der Waals surface area contributed by atoms with Crippen LogP contribution in [0.2, 0.25) is 0 Å². The lowest BCUT2D eigenvalue weighted by molar-refractivity contribution is 0.181. The molecular weight excluding hydrogens is 481 g/mol. The molecular formula is C21H38IN5S. The van der Waals surface area contributed by atoms with Crippen LogP contribution in [0.3, 0.4) is 0 Å². The van der Waals surface area contributed by atoms with Gasteiger partial charge in [0, 0.05) is 39.3 Å². The molecule has 0 aromatic carbocycles. The maximum Gasteiger partial charge on any atom is 0.191 e. The van der Waals surface area contributed by atoms with Crippen molar-refractivity contribution in [1.82, 2.24) is 15.5 Å². The first kappa shape index (κ1) is 23.7. The fraction of sp³-hybridized carbons (Fsp3) is 0.762. The fourth-order valence-corrected chi connectivity index (χ4v) is 5.02. The Morgan fingerprint density at radius 2 is 2.04 bits per heavy atom. The third kappa shape index (κ3) is 7.71. The number of piperidine rings is 2. The van der Waals surface area contributed by atoms with E-state index in [0.29, 0.717) is 6.04 Å². The van der Waals surface area contributed by atoms with Crippen molar-refractivity contribution < 1.29 is 0 Å². The molecule has 5 nitrogen and oxygen atoms in total. The van der Waals surface area contributed by atoms with Gasteiger partial charge in [-0.05, 0) is 75.0 Å². The number of halogens is 1. The minimum Gasteiger partial charge on any atom is -0.363 e. The summed E-state index contributed by atoms with van der Waals surface area (Å²) in [6.07, 6.45) is 7.61. The zero-order valence-electron chi connectivity index (χ0n) is 17.5. The molecule has 0 radical (unpaired) electrons. The van der Waals surface area contributed by atoms with Gasteiger partial charge in [-0.15, -0.1) is 35.3 Å². The predicted molar refractivity (Wildman–Crippen MR) is 134 cm³/mol. The number of hydrogen-bond donors (Lipinski definition) is 2. The molecule has 0 bridgehead atoms. The minimum atomic E-state index is 0. The van der Waals surface area contributed by atoms with E-state index < -0.39 is 0 Å². The largest absolute Gasteiger partial charge is 0.363 e. The number of aliphatic imine (C=N–C) groups is 1. The average molecular weight is 520 g/mol. The molecule has 0 spiro atoms. The summed E-state index contributed by atoms with van der Waals surface area (Å²) in [4.78, 5) is 9.56. The second-order valence-electron chi connectivity index (χ2n) is 8.11. The maximum absolute atomic E-state index is 4.42. The topological polar surface area (TPSA) is 42.9 Å². The van der Waals surface area contributed by atoms with Crippen molar-refractivity contribution in [2.75, 3.05) is 51.2 Å². The molecule has 3 rings (SSSR count). The normalized spacial score (nSPS) is 22.0. The summed E-state index contributed by atoms with van der Waals surface area (Å²) in [5.74, 6) is 1.85. The Kier molecular flexibility index (Phi) is 10.9. The lowest BCUT2D eigenvalue weighted by atomic mass is 10.0. The molecule has 28 heavy (non-hydrogen) atoms. The van der Waals surface area contributed by atoms with Crippen LogP contribution in [0.15, 0.2) is 22.5 Å². The second-order valence-corrected chi connectivity index (χ2v) is 9.04. The standard InChI is InChI=1S/C21H37N5S.HI/c1-18-7-5-13-25(17-18)12-4-3-11-23-21(22-2)24-19-9-14-26(15-10-19)20-8-6-16-27-20;/h6,8,16,18-19H,3-5,7,9-15,17H2,1-2H3,(H2,22,23,24);1H. The van der Waals surface area contributed by atoms with Gasteiger partial charge in [0.05, 0.1) is 5.00 Å². The number of guanidine groups is 1. The molecule has 1 unspecified atom stereocenters. The number of thiophene rings is 1. The van der Waals surface area contributed by atoms with Crippen molar-refractivity contribution in [2.24, 2.45) is 10.9 Å². The van der Waals surface area contributed by atoms with E-state index in [9.17, 15) is 0 Å². The Morgan fingerprint density at radius 1 is 1.21 bits per heavy atom. The van der Waals surface area contributed by atoms with E-state index >= 15 is 0 Å². The van der Waals surface area contributed by atoms with Gasteiger partial charge in [-0.3, -0.25) is 4.99 Å². The molecule has 0 saturated carbocycles. The van der Waals surface area contributed by atoms with Crippen molar-refractivity contribution in [3.63, 3.8) is 0 Å². The third-order valence-electron chi connectivity index (χ3n) is 5.81. The summed E-state index contributed by atoms with van der Waals surface area (Å²) in [6.45, 7) is 9.49. The summed E-state index contributed by atoms with van der Waals surface area (Å²) >= 11 is 1.84. The lowest BCUT2D eigenvalue weighted by Gasteiger charge is -2.33. The van der Waals surface area contributed by atoms with Crippen LogP contribution in [0.25, 0.3) is 0 Å². The van der Waals surface area contributed by atoms with Crippen molar-refractivity contribution in [2.45, 2.75) is 51.5 Å². The van der Waals surface area contributed by atoms with Crippen LogP contribution in [-0.4, -0.2) is 63.2 Å². The van der Waals surface area contributed by atoms with Gasteiger partial charge in [-0.1, -0.05) is 6.92 Å². The van der Waals surface area contributed by atoms with Crippen LogP contribution in [0.1, 0.15) is 45.4 Å². The van der Waals surface area contributed by atoms with Crippen molar-refractivity contribution in [3.05, 3.63) is 17.5 Å². The van der Waals surface area contributed by atoms with E-state index in [4.69, 9.17) is 0 Å². The third-order valence-corrected chi connectivity index (χ3v) is 6.74. The van der Waals surface area contributed by atoms with Gasteiger partial charge in [-0.25, -0.2) is 0 Å². The molecule has 2 aliphatic rings. The number of rotatable bonds is 7. The SMILES string of the molecule is CN=C(NCCCCN1CCCC(C)C1)NC1CCN(c2cccs2)CC1.I. The highest BCUT2D eigenvalue weighted by molar-refractivity contribution is 14.0. The summed E-state index contributed by atoms with van der Waals surface area (Å²) in [5.41, 5.74) is 0. The molecule has 7 heteroatoms. The zero-order chi connectivity index (χ0) is 18.9. The number of nitrogens with zero attached hydrogens (tertiary/aromatic N) is 3. The quantitative estimate of drug-likeness (QED) is 0.247. The first-order valence-electron chi connectivity index (χ1n) is 10.7. The van der Waals surface area contributed by atoms with Crippen molar-refractivity contribution in [3.8, 4) is 0 Å². The molecule has 2 N–H and O–H groups in total. The molecule has 160 valence electrons. The summed E-state index contributed by atoms with van der Waals surface area (Å²) in [6, 6.07) is 4.90. The van der Waals surface area contributed by atoms with Crippen LogP contribution in [0.5, 0.6) is 0 Å². The van der Waals surface area contributed by atoms with Gasteiger partial charge >= 0.3 is 0 Å². The Bertz CT molecular complexity index is 557. The van der Waals surface area contributed by atoms with Crippen LogP contribution in [0, 0.1) is 5.92 Å². The Labute approximate surface area is 192 Å². The second kappa shape index (κ2) is 12.9. The molecule has 3 heterocycles. The van der Waals surface area contributed by atoms with E-state index in [1.807, 2.05) is 18.4 Å². The fourth-order valence-electron chi connectivity index (χ4n) is 4.24. The Morgan fingerprint density at radius 3 is 2.71 bits per heavy atom. The number of anilines is 1. The van der Waals surface area contributed by atoms with Gasteiger partial charge in [0.2, 0.25) is 0 Å². The van der Waals surface area contributed by atoms with E-state index in [-0.39, 0.29) is 24.0 Å². The van der Waals surface area contributed by atoms with E-state index in [1.54, 1.807) is 0 Å². The van der Waals surface area contributed by atoms with Crippen molar-refractivity contribution >= 4 is 46.3 Å². The van der Waals surface area contributed by atoms with Crippen LogP contribution >= 0.6 is 35.3 Å². The van der Waals surface area contributed by atoms with Gasteiger partial charge < -0.3 is 20.4 Å². The van der Waals surface area contributed by atoms with Crippen LogP contribution < -0.4 is 15.5 Å². The summed E-state index contributed by atoms with van der Waals surface area (Å²) in [7, 11) is 1.88. The molecule has 0 aliphatic carbocycles. The molecule has 1 atom stereocenters. The molecule has 1 aromatic heterocycles. The smallest absolute Gasteiger partial charge is 0.191 e. The van der Waals surface area contributed by atoms with Gasteiger partial charge in [0.15, 0.2) is 5.96 Å². The summed E-state index contributed by atoms with van der Waals surface area (Å²) < 4.78 is 0. The van der Waals surface area contributed by atoms with E-state index in [2.05, 4.69) is 49.9 Å². The first-order valence-corrected chi connectivity index (χ1v) is 11.6. The van der Waals surface area contributed by atoms with Crippen LogP contribution in [-0.2, 0) is 0 Å². The molecule has 2 fully saturated rings. The predicted octanol–water partition coefficient (Wildman–Crippen LogP) is 4.01. The maximum atomic E-state index is 4.42. The number of likely N-dealkylation sites (tertiary alicyclic amines) is 1. The molecule has 0 amide bonds. The number of unbranched alkanes of at least 4 members (excludes halogenated alkanes) is 1. The number of hydrogen-bond acceptors (Lipinski definition) is 4. The lowest BCUT2D eigenvalue weighted by Crippen LogP contribution is -2.48. The van der Waals surface area contributed by atoms with Crippen LogP contribution in [0.4, 0.5) is 5.00 Å². The van der Waals surface area contributed by atoms with Crippen molar-refractivity contribution in [1.29, 1.82) is 0 Å². The van der Waals surface area contributed by atoms with E-state index in [0.717, 1.165) is 31.5 Å². The number of nitrogens with one attached hydrogen (secondary N) is 2. The van der Waals surface area contributed by atoms with Gasteiger partial charge in [0.25, 0.3) is 0 Å². The highest BCUT2D eigenvalue weighted by Gasteiger charge is 2.20. The highest BCUT2D eigenvalue weighted by atomic mass is 127. The average Bonchev–Trinajstić information content (AvgIpc) is 3.22. The minimum absolute atomic E-state index is 0. The Hall–Kier alpha value is -0.540. The van der Waals surface area contributed by atoms with Gasteiger partial charge in [0.1, 0.15) is 0 Å². The zero-order valence-corrected chi connectivity index (χ0v) is 20.7. The molecule has 1 aromatic rings. The molecule has 2 saturated heterocycles. The monoisotopic (exact) mass is 519 g/mol.